The minimum absolute atomic E-state index is 0.229. The van der Waals surface area contributed by atoms with E-state index in [1.807, 2.05) is 6.26 Å². The molecule has 0 aromatic heterocycles. The molecule has 0 radical (unpaired) electrons. The van der Waals surface area contributed by atoms with E-state index < -0.39 is 6.36 Å². The van der Waals surface area contributed by atoms with Crippen LogP contribution in [-0.2, 0) is 0 Å². The molecule has 1 aromatic carbocycles. The van der Waals surface area contributed by atoms with Crippen LogP contribution in [0.25, 0.3) is 0 Å². The average molecular weight is 334 g/mol. The van der Waals surface area contributed by atoms with Crippen molar-refractivity contribution in [1.29, 1.82) is 0 Å². The molecular formula is C14H17F3N2O2S. The SMILES string of the molecule is CSC[C@@H]1CCN(C(=O)Nc2ccc(OC(F)(F)F)cc2)C1. The number of anilines is 1. The Balaban J connectivity index is 1.87. The predicted molar refractivity (Wildman–Crippen MR) is 80.2 cm³/mol. The van der Waals surface area contributed by atoms with Gasteiger partial charge in [-0.15, -0.1) is 13.2 Å². The minimum Gasteiger partial charge on any atom is -0.406 e. The van der Waals surface area contributed by atoms with Crippen molar-refractivity contribution in [2.75, 3.05) is 30.4 Å². The fourth-order valence-electron chi connectivity index (χ4n) is 2.33. The van der Waals surface area contributed by atoms with Gasteiger partial charge in [0.15, 0.2) is 0 Å². The second kappa shape index (κ2) is 7.13. The zero-order valence-corrected chi connectivity index (χ0v) is 12.8. The lowest BCUT2D eigenvalue weighted by molar-refractivity contribution is -0.274. The van der Waals surface area contributed by atoms with E-state index in [1.165, 1.54) is 24.3 Å². The van der Waals surface area contributed by atoms with Gasteiger partial charge in [0, 0.05) is 18.8 Å². The van der Waals surface area contributed by atoms with Crippen LogP contribution in [0.4, 0.5) is 23.7 Å². The topological polar surface area (TPSA) is 41.6 Å². The summed E-state index contributed by atoms with van der Waals surface area (Å²) < 4.78 is 39.9. The summed E-state index contributed by atoms with van der Waals surface area (Å²) in [7, 11) is 0. The van der Waals surface area contributed by atoms with E-state index in [2.05, 4.69) is 10.1 Å². The number of likely N-dealkylation sites (tertiary alicyclic amines) is 1. The largest absolute Gasteiger partial charge is 0.573 e. The molecule has 0 aliphatic carbocycles. The van der Waals surface area contributed by atoms with Crippen LogP contribution in [0.5, 0.6) is 5.75 Å². The highest BCUT2D eigenvalue weighted by Gasteiger charge is 2.31. The summed E-state index contributed by atoms with van der Waals surface area (Å²) in [6.45, 7) is 1.41. The maximum Gasteiger partial charge on any atom is 0.573 e. The van der Waals surface area contributed by atoms with Crippen LogP contribution in [-0.4, -0.2) is 42.4 Å². The van der Waals surface area contributed by atoms with Crippen LogP contribution in [0.1, 0.15) is 6.42 Å². The second-order valence-electron chi connectivity index (χ2n) is 5.06. The van der Waals surface area contributed by atoms with E-state index >= 15 is 0 Å². The van der Waals surface area contributed by atoms with Crippen molar-refractivity contribution >= 4 is 23.5 Å². The maximum atomic E-state index is 12.1. The summed E-state index contributed by atoms with van der Waals surface area (Å²) in [6.07, 6.45) is -1.70. The summed E-state index contributed by atoms with van der Waals surface area (Å²) in [5.41, 5.74) is 0.438. The first-order chi connectivity index (χ1) is 10.4. The summed E-state index contributed by atoms with van der Waals surface area (Å²) in [6, 6.07) is 4.88. The monoisotopic (exact) mass is 334 g/mol. The van der Waals surface area contributed by atoms with Gasteiger partial charge in [0.2, 0.25) is 0 Å². The Labute approximate surface area is 131 Å². The molecule has 1 N–H and O–H groups in total. The fourth-order valence-corrected chi connectivity index (χ4v) is 3.07. The number of amides is 2. The molecule has 0 bridgehead atoms. The van der Waals surface area contributed by atoms with Gasteiger partial charge in [-0.25, -0.2) is 4.79 Å². The Kier molecular flexibility index (Phi) is 5.44. The average Bonchev–Trinajstić information content (AvgIpc) is 2.88. The lowest BCUT2D eigenvalue weighted by Gasteiger charge is -2.17. The fraction of sp³-hybridized carbons (Fsp3) is 0.500. The van der Waals surface area contributed by atoms with Crippen molar-refractivity contribution in [3.63, 3.8) is 0 Å². The number of alkyl halides is 3. The highest BCUT2D eigenvalue weighted by Crippen LogP contribution is 2.25. The minimum atomic E-state index is -4.72. The first kappa shape index (κ1) is 16.8. The predicted octanol–water partition coefficient (Wildman–Crippen LogP) is 3.80. The molecule has 0 unspecified atom stereocenters. The molecule has 2 rings (SSSR count). The Morgan fingerprint density at radius 3 is 2.68 bits per heavy atom. The number of ether oxygens (including phenoxy) is 1. The lowest BCUT2D eigenvalue weighted by atomic mass is 10.2. The molecule has 22 heavy (non-hydrogen) atoms. The molecule has 1 aromatic rings. The first-order valence-electron chi connectivity index (χ1n) is 6.78. The van der Waals surface area contributed by atoms with E-state index in [1.54, 1.807) is 16.7 Å². The molecule has 1 heterocycles. The molecular weight excluding hydrogens is 317 g/mol. The number of carbonyl (C=O) groups is 1. The number of nitrogens with zero attached hydrogens (tertiary/aromatic N) is 1. The zero-order valence-electron chi connectivity index (χ0n) is 12.0. The van der Waals surface area contributed by atoms with Crippen molar-refractivity contribution in [2.24, 2.45) is 5.92 Å². The number of hydrogen-bond donors (Lipinski definition) is 1. The van der Waals surface area contributed by atoms with Gasteiger partial charge in [0.25, 0.3) is 0 Å². The zero-order chi connectivity index (χ0) is 16.2. The van der Waals surface area contributed by atoms with Crippen LogP contribution in [0.2, 0.25) is 0 Å². The Hall–Kier alpha value is -1.57. The van der Waals surface area contributed by atoms with Gasteiger partial charge in [0.05, 0.1) is 0 Å². The Morgan fingerprint density at radius 2 is 2.09 bits per heavy atom. The van der Waals surface area contributed by atoms with Gasteiger partial charge in [-0.05, 0) is 48.6 Å². The van der Waals surface area contributed by atoms with Crippen LogP contribution < -0.4 is 10.1 Å². The highest BCUT2D eigenvalue weighted by atomic mass is 32.2. The van der Waals surface area contributed by atoms with Gasteiger partial charge in [-0.3, -0.25) is 0 Å². The van der Waals surface area contributed by atoms with Crippen LogP contribution in [0.15, 0.2) is 24.3 Å². The third-order valence-corrected chi connectivity index (χ3v) is 4.12. The first-order valence-corrected chi connectivity index (χ1v) is 8.17. The smallest absolute Gasteiger partial charge is 0.406 e. The number of nitrogens with one attached hydrogen (secondary N) is 1. The maximum absolute atomic E-state index is 12.1. The molecule has 1 aliphatic heterocycles. The number of halogens is 3. The summed E-state index contributed by atoms with van der Waals surface area (Å²) >= 11 is 1.76. The van der Waals surface area contributed by atoms with Crippen LogP contribution in [0.3, 0.4) is 0 Å². The molecule has 1 aliphatic rings. The van der Waals surface area contributed by atoms with Crippen LogP contribution >= 0.6 is 11.8 Å². The van der Waals surface area contributed by atoms with Crippen LogP contribution in [0, 0.1) is 5.92 Å². The van der Waals surface area contributed by atoms with Gasteiger partial charge >= 0.3 is 12.4 Å². The van der Waals surface area contributed by atoms with Crippen molar-refractivity contribution < 1.29 is 22.7 Å². The van der Waals surface area contributed by atoms with Gasteiger partial charge in [-0.1, -0.05) is 0 Å². The van der Waals surface area contributed by atoms with E-state index in [4.69, 9.17) is 0 Å². The molecule has 1 saturated heterocycles. The molecule has 0 spiro atoms. The molecule has 1 atom stereocenters. The molecule has 0 saturated carbocycles. The number of urea groups is 1. The van der Waals surface area contributed by atoms with E-state index in [9.17, 15) is 18.0 Å². The molecule has 4 nitrogen and oxygen atoms in total. The number of thioether (sulfide) groups is 1. The molecule has 122 valence electrons. The third-order valence-electron chi connectivity index (χ3n) is 3.31. The normalized spacial score (nSPS) is 18.4. The Bertz CT molecular complexity index is 508. The van der Waals surface area contributed by atoms with E-state index in [0.29, 0.717) is 24.7 Å². The number of carbonyl (C=O) groups excluding carboxylic acids is 1. The number of benzene rings is 1. The van der Waals surface area contributed by atoms with Crippen molar-refractivity contribution in [2.45, 2.75) is 12.8 Å². The highest BCUT2D eigenvalue weighted by molar-refractivity contribution is 7.98. The molecule has 2 amide bonds. The Morgan fingerprint density at radius 1 is 1.41 bits per heavy atom. The standard InChI is InChI=1S/C14H17F3N2O2S/c1-22-9-10-6-7-19(8-10)13(20)18-11-2-4-12(5-3-11)21-14(15,16)17/h2-5,10H,6-9H2,1H3,(H,18,20)/t10-/m1/s1. The quantitative estimate of drug-likeness (QED) is 0.910. The number of rotatable bonds is 4. The molecule has 8 heteroatoms. The summed E-state index contributed by atoms with van der Waals surface area (Å²) in [5, 5.41) is 2.68. The van der Waals surface area contributed by atoms with Crippen molar-refractivity contribution in [3.8, 4) is 5.75 Å². The second-order valence-corrected chi connectivity index (χ2v) is 5.97. The molecule has 1 fully saturated rings. The van der Waals surface area contributed by atoms with E-state index in [0.717, 1.165) is 12.2 Å². The van der Waals surface area contributed by atoms with Gasteiger partial charge in [0.1, 0.15) is 5.75 Å². The van der Waals surface area contributed by atoms with Gasteiger partial charge < -0.3 is 15.0 Å². The summed E-state index contributed by atoms with van der Waals surface area (Å²) in [4.78, 5) is 13.8. The van der Waals surface area contributed by atoms with Gasteiger partial charge in [-0.2, -0.15) is 11.8 Å². The summed E-state index contributed by atoms with van der Waals surface area (Å²) in [5.74, 6) is 1.21. The third kappa shape index (κ3) is 5.01. The van der Waals surface area contributed by atoms with E-state index in [-0.39, 0.29) is 11.8 Å². The van der Waals surface area contributed by atoms with Crippen molar-refractivity contribution in [1.82, 2.24) is 4.90 Å². The van der Waals surface area contributed by atoms with Crippen molar-refractivity contribution in [3.05, 3.63) is 24.3 Å². The lowest BCUT2D eigenvalue weighted by Crippen LogP contribution is -2.33. The number of hydrogen-bond acceptors (Lipinski definition) is 3.